The highest BCUT2D eigenvalue weighted by molar-refractivity contribution is 5.68. The van der Waals surface area contributed by atoms with Gasteiger partial charge in [-0.15, -0.1) is 0 Å². The molecular formula is C20H23N7. The first-order chi connectivity index (χ1) is 12.9. The molecule has 2 atom stereocenters. The summed E-state index contributed by atoms with van der Waals surface area (Å²) in [6.45, 7) is 6.17. The number of aryl methyl sites for hydroxylation is 5. The molecule has 138 valence electrons. The van der Waals surface area contributed by atoms with E-state index in [1.165, 1.54) is 5.56 Å². The Balaban J connectivity index is 1.53. The topological polar surface area (TPSA) is 65.8 Å². The Morgan fingerprint density at radius 2 is 1.85 bits per heavy atom. The number of hydrogen-bond donors (Lipinski definition) is 0. The molecular weight excluding hydrogens is 338 g/mol. The molecule has 0 bridgehead atoms. The van der Waals surface area contributed by atoms with Crippen LogP contribution < -0.4 is 0 Å². The summed E-state index contributed by atoms with van der Waals surface area (Å²) in [5, 5.41) is 13.9. The molecule has 0 radical (unpaired) electrons. The molecule has 7 heteroatoms. The molecule has 0 N–H and O–H groups in total. The Kier molecular flexibility index (Phi) is 3.32. The van der Waals surface area contributed by atoms with Crippen molar-refractivity contribution in [2.45, 2.75) is 39.0 Å². The van der Waals surface area contributed by atoms with E-state index in [1.54, 1.807) is 0 Å². The average molecular weight is 361 g/mol. The second-order valence-corrected chi connectivity index (χ2v) is 7.72. The lowest BCUT2D eigenvalue weighted by Gasteiger charge is -1.99. The maximum atomic E-state index is 4.84. The SMILES string of the molecule is Cc1cc(C)n2nc(-c3cc(C4CC4c4cnn(C)c4)nn3C)c(C)c2n1. The average Bonchev–Trinajstić information content (AvgIpc) is 2.97. The van der Waals surface area contributed by atoms with E-state index < -0.39 is 0 Å². The largest absolute Gasteiger partial charge is 0.276 e. The Morgan fingerprint density at radius 3 is 2.59 bits per heavy atom. The van der Waals surface area contributed by atoms with Crippen LogP contribution in [0.5, 0.6) is 0 Å². The zero-order valence-corrected chi connectivity index (χ0v) is 16.3. The molecule has 7 nitrogen and oxygen atoms in total. The molecule has 1 fully saturated rings. The van der Waals surface area contributed by atoms with Gasteiger partial charge in [-0.05, 0) is 50.8 Å². The standard InChI is InChI=1S/C20H23N7/c1-11-6-12(2)27-20(22-11)13(3)19(24-27)18-8-17(23-26(18)5)16-7-15(16)14-9-21-25(4)10-14/h6,8-10,15-16H,7H2,1-5H3. The van der Waals surface area contributed by atoms with Gasteiger partial charge in [0.15, 0.2) is 5.65 Å². The van der Waals surface area contributed by atoms with Crippen LogP contribution in [0.2, 0.25) is 0 Å². The zero-order chi connectivity index (χ0) is 18.9. The smallest absolute Gasteiger partial charge is 0.159 e. The van der Waals surface area contributed by atoms with Crippen molar-refractivity contribution in [3.8, 4) is 11.4 Å². The van der Waals surface area contributed by atoms with Crippen LogP contribution in [0.1, 0.15) is 46.5 Å². The second-order valence-electron chi connectivity index (χ2n) is 7.72. The maximum Gasteiger partial charge on any atom is 0.159 e. The van der Waals surface area contributed by atoms with Gasteiger partial charge in [-0.3, -0.25) is 9.36 Å². The fourth-order valence-corrected chi connectivity index (χ4v) is 4.08. The summed E-state index contributed by atoms with van der Waals surface area (Å²) in [7, 11) is 3.96. The minimum Gasteiger partial charge on any atom is -0.276 e. The van der Waals surface area contributed by atoms with E-state index >= 15 is 0 Å². The van der Waals surface area contributed by atoms with Gasteiger partial charge >= 0.3 is 0 Å². The number of aromatic nitrogens is 7. The Bertz CT molecular complexity index is 1180. The van der Waals surface area contributed by atoms with Gasteiger partial charge in [0.25, 0.3) is 0 Å². The molecule has 0 amide bonds. The molecule has 2 unspecified atom stereocenters. The van der Waals surface area contributed by atoms with Crippen molar-refractivity contribution in [2.24, 2.45) is 14.1 Å². The van der Waals surface area contributed by atoms with Gasteiger partial charge in [-0.2, -0.15) is 15.3 Å². The van der Waals surface area contributed by atoms with Crippen molar-refractivity contribution in [1.29, 1.82) is 0 Å². The third-order valence-corrected chi connectivity index (χ3v) is 5.59. The van der Waals surface area contributed by atoms with Crippen LogP contribution in [0.3, 0.4) is 0 Å². The highest BCUT2D eigenvalue weighted by Gasteiger charge is 2.42. The van der Waals surface area contributed by atoms with Gasteiger partial charge in [-0.25, -0.2) is 9.50 Å². The van der Waals surface area contributed by atoms with Crippen LogP contribution in [-0.4, -0.2) is 34.2 Å². The van der Waals surface area contributed by atoms with E-state index in [0.29, 0.717) is 11.8 Å². The van der Waals surface area contributed by atoms with E-state index in [0.717, 1.165) is 46.1 Å². The van der Waals surface area contributed by atoms with Gasteiger partial charge in [-0.1, -0.05) is 0 Å². The van der Waals surface area contributed by atoms with E-state index in [1.807, 2.05) is 41.1 Å². The minimum absolute atomic E-state index is 0.466. The third kappa shape index (κ3) is 2.49. The molecule has 0 saturated heterocycles. The van der Waals surface area contributed by atoms with Crippen molar-refractivity contribution in [3.63, 3.8) is 0 Å². The predicted octanol–water partition coefficient (Wildman–Crippen LogP) is 3.06. The monoisotopic (exact) mass is 361 g/mol. The maximum absolute atomic E-state index is 4.84. The number of nitrogens with zero attached hydrogens (tertiary/aromatic N) is 7. The zero-order valence-electron chi connectivity index (χ0n) is 16.3. The molecule has 1 aliphatic rings. The fraction of sp³-hybridized carbons (Fsp3) is 0.400. The molecule has 1 saturated carbocycles. The van der Waals surface area contributed by atoms with Gasteiger partial charge in [0.2, 0.25) is 0 Å². The molecule has 27 heavy (non-hydrogen) atoms. The third-order valence-electron chi connectivity index (χ3n) is 5.59. The lowest BCUT2D eigenvalue weighted by Crippen LogP contribution is -1.98. The summed E-state index contributed by atoms with van der Waals surface area (Å²) in [6.07, 6.45) is 5.21. The summed E-state index contributed by atoms with van der Waals surface area (Å²) in [5.41, 5.74) is 8.55. The number of rotatable bonds is 3. The summed E-state index contributed by atoms with van der Waals surface area (Å²) >= 11 is 0. The van der Waals surface area contributed by atoms with Gasteiger partial charge in [0, 0.05) is 43.2 Å². The highest BCUT2D eigenvalue weighted by atomic mass is 15.3. The molecule has 0 spiro atoms. The van der Waals surface area contributed by atoms with Crippen LogP contribution in [0, 0.1) is 20.8 Å². The van der Waals surface area contributed by atoms with Crippen LogP contribution in [-0.2, 0) is 14.1 Å². The summed E-state index contributed by atoms with van der Waals surface area (Å²) < 4.78 is 5.75. The first-order valence-corrected chi connectivity index (χ1v) is 9.29. The van der Waals surface area contributed by atoms with E-state index in [4.69, 9.17) is 10.2 Å². The number of hydrogen-bond acceptors (Lipinski definition) is 4. The molecule has 1 aliphatic carbocycles. The van der Waals surface area contributed by atoms with Gasteiger partial charge in [0.05, 0.1) is 17.6 Å². The summed E-state index contributed by atoms with van der Waals surface area (Å²) in [4.78, 5) is 4.68. The second kappa shape index (κ2) is 5.52. The first kappa shape index (κ1) is 16.2. The van der Waals surface area contributed by atoms with E-state index in [-0.39, 0.29) is 0 Å². The summed E-state index contributed by atoms with van der Waals surface area (Å²) in [5.74, 6) is 0.990. The Morgan fingerprint density at radius 1 is 1.04 bits per heavy atom. The van der Waals surface area contributed by atoms with Crippen molar-refractivity contribution >= 4 is 5.65 Å². The molecule has 4 aromatic rings. The Labute approximate surface area is 157 Å². The fourth-order valence-electron chi connectivity index (χ4n) is 4.08. The van der Waals surface area contributed by atoms with E-state index in [2.05, 4.69) is 42.3 Å². The van der Waals surface area contributed by atoms with Crippen LogP contribution >= 0.6 is 0 Å². The van der Waals surface area contributed by atoms with Crippen molar-refractivity contribution in [3.05, 3.63) is 52.7 Å². The van der Waals surface area contributed by atoms with Crippen molar-refractivity contribution < 1.29 is 0 Å². The molecule has 0 aliphatic heterocycles. The molecule has 4 heterocycles. The molecule has 5 rings (SSSR count). The van der Waals surface area contributed by atoms with Crippen molar-refractivity contribution in [1.82, 2.24) is 34.2 Å². The van der Waals surface area contributed by atoms with Crippen LogP contribution in [0.25, 0.3) is 17.0 Å². The van der Waals surface area contributed by atoms with Gasteiger partial charge in [0.1, 0.15) is 5.69 Å². The quantitative estimate of drug-likeness (QED) is 0.562. The Hall–Kier alpha value is -2.96. The lowest BCUT2D eigenvalue weighted by atomic mass is 10.1. The van der Waals surface area contributed by atoms with E-state index in [9.17, 15) is 0 Å². The van der Waals surface area contributed by atoms with Crippen molar-refractivity contribution in [2.75, 3.05) is 0 Å². The molecule has 0 aromatic carbocycles. The van der Waals surface area contributed by atoms with Crippen LogP contribution in [0.15, 0.2) is 24.5 Å². The highest BCUT2D eigenvalue weighted by Crippen LogP contribution is 2.54. The lowest BCUT2D eigenvalue weighted by molar-refractivity contribution is 0.743. The molecule has 4 aromatic heterocycles. The van der Waals surface area contributed by atoms with Gasteiger partial charge < -0.3 is 0 Å². The number of fused-ring (bicyclic) bond motifs is 1. The minimum atomic E-state index is 0.466. The first-order valence-electron chi connectivity index (χ1n) is 9.29. The normalized spacial score (nSPS) is 19.1. The van der Waals surface area contributed by atoms with Crippen LogP contribution in [0.4, 0.5) is 0 Å². The predicted molar refractivity (Wildman–Crippen MR) is 103 cm³/mol. The summed E-state index contributed by atoms with van der Waals surface area (Å²) in [6, 6.07) is 4.25.